The number of aryl methyl sites for hydroxylation is 1. The van der Waals surface area contributed by atoms with Gasteiger partial charge in [-0.3, -0.25) is 14.9 Å². The average molecular weight is 449 g/mol. The number of amides is 4. The molecule has 3 rings (SSSR count). The van der Waals surface area contributed by atoms with Crippen molar-refractivity contribution in [2.24, 2.45) is 0 Å². The molecule has 8 nitrogen and oxygen atoms in total. The van der Waals surface area contributed by atoms with Gasteiger partial charge in [-0.15, -0.1) is 0 Å². The second kappa shape index (κ2) is 8.56. The van der Waals surface area contributed by atoms with Crippen LogP contribution < -0.4 is 15.0 Å². The first-order valence-electron chi connectivity index (χ1n) is 8.49. The van der Waals surface area contributed by atoms with Crippen molar-refractivity contribution < 1.29 is 29.0 Å². The molecule has 0 aliphatic carbocycles. The highest BCUT2D eigenvalue weighted by molar-refractivity contribution is 6.40. The van der Waals surface area contributed by atoms with Gasteiger partial charge >= 0.3 is 12.0 Å². The van der Waals surface area contributed by atoms with Crippen molar-refractivity contribution >= 4 is 58.8 Å². The summed E-state index contributed by atoms with van der Waals surface area (Å²) in [6.07, 6.45) is 1.23. The molecule has 4 amide bonds. The molecule has 0 aromatic heterocycles. The van der Waals surface area contributed by atoms with Gasteiger partial charge in [0.25, 0.3) is 11.8 Å². The number of carboxylic acid groups (broad SMARTS) is 1. The Morgan fingerprint density at radius 1 is 1.13 bits per heavy atom. The van der Waals surface area contributed by atoms with Crippen LogP contribution in [-0.2, 0) is 14.4 Å². The molecule has 2 N–H and O–H groups in total. The van der Waals surface area contributed by atoms with Crippen LogP contribution >= 0.6 is 23.2 Å². The number of carbonyl (C=O) groups excluding carboxylic acids is 3. The van der Waals surface area contributed by atoms with Gasteiger partial charge in [-0.25, -0.2) is 14.5 Å². The van der Waals surface area contributed by atoms with Crippen LogP contribution in [0.3, 0.4) is 0 Å². The Hall–Kier alpha value is -3.36. The highest BCUT2D eigenvalue weighted by atomic mass is 35.5. The minimum Gasteiger partial charge on any atom is -0.479 e. The Labute approximate surface area is 180 Å². The van der Waals surface area contributed by atoms with E-state index < -0.39 is 30.4 Å². The summed E-state index contributed by atoms with van der Waals surface area (Å²) in [4.78, 5) is 48.9. The monoisotopic (exact) mass is 448 g/mol. The fourth-order valence-electron chi connectivity index (χ4n) is 2.69. The summed E-state index contributed by atoms with van der Waals surface area (Å²) in [5.41, 5.74) is 1.21. The summed E-state index contributed by atoms with van der Waals surface area (Å²) in [6.45, 7) is 1.21. The molecule has 1 aliphatic heterocycles. The van der Waals surface area contributed by atoms with E-state index in [2.05, 4.69) is 5.32 Å². The van der Waals surface area contributed by atoms with Crippen LogP contribution in [0, 0.1) is 6.92 Å². The van der Waals surface area contributed by atoms with Crippen LogP contribution in [0.25, 0.3) is 6.08 Å². The molecule has 2 aromatic rings. The molecule has 0 atom stereocenters. The third kappa shape index (κ3) is 4.45. The Bertz CT molecular complexity index is 1070. The summed E-state index contributed by atoms with van der Waals surface area (Å²) >= 11 is 12.2. The Morgan fingerprint density at radius 2 is 1.73 bits per heavy atom. The smallest absolute Gasteiger partial charge is 0.341 e. The maximum absolute atomic E-state index is 12.9. The van der Waals surface area contributed by atoms with E-state index in [0.717, 1.165) is 10.5 Å². The second-order valence-electron chi connectivity index (χ2n) is 6.29. The molecular formula is C20H14Cl2N2O6. The predicted molar refractivity (Wildman–Crippen MR) is 110 cm³/mol. The lowest BCUT2D eigenvalue weighted by Crippen LogP contribution is -2.54. The molecule has 1 saturated heterocycles. The quantitative estimate of drug-likeness (QED) is 0.534. The Morgan fingerprint density at radius 3 is 2.30 bits per heavy atom. The van der Waals surface area contributed by atoms with Crippen LogP contribution in [0.1, 0.15) is 11.1 Å². The first-order valence-corrected chi connectivity index (χ1v) is 9.24. The lowest BCUT2D eigenvalue weighted by atomic mass is 10.1. The molecule has 30 heavy (non-hydrogen) atoms. The van der Waals surface area contributed by atoms with E-state index in [1.165, 1.54) is 18.2 Å². The minimum atomic E-state index is -1.21. The van der Waals surface area contributed by atoms with Crippen LogP contribution in [0.5, 0.6) is 5.75 Å². The van der Waals surface area contributed by atoms with E-state index in [-0.39, 0.29) is 26.9 Å². The fraction of sp³-hybridized carbons (Fsp3) is 0.100. The van der Waals surface area contributed by atoms with E-state index in [0.29, 0.717) is 5.69 Å². The Balaban J connectivity index is 1.96. The summed E-state index contributed by atoms with van der Waals surface area (Å²) in [7, 11) is 0. The minimum absolute atomic E-state index is 0.00858. The summed E-state index contributed by atoms with van der Waals surface area (Å²) in [6, 6.07) is 8.47. The number of urea groups is 1. The molecule has 0 bridgehead atoms. The number of hydrogen-bond acceptors (Lipinski definition) is 5. The number of imide groups is 2. The summed E-state index contributed by atoms with van der Waals surface area (Å²) in [5.74, 6) is -2.93. The number of benzene rings is 2. The standard InChI is InChI=1S/C20H14Cl2N2O6/c1-10-2-4-12(5-3-10)24-19(28)13(18(27)23-20(24)29)6-11-7-14(21)17(15(22)8-11)30-9-16(25)26/h2-8H,9H2,1H3,(H,25,26)(H,23,27,29)/b13-6-. The lowest BCUT2D eigenvalue weighted by Gasteiger charge is -2.26. The third-order valence-electron chi connectivity index (χ3n) is 4.07. The summed E-state index contributed by atoms with van der Waals surface area (Å²) in [5, 5.41) is 10.8. The molecule has 154 valence electrons. The number of nitrogens with zero attached hydrogens (tertiary/aromatic N) is 1. The number of aliphatic carboxylic acids is 1. The second-order valence-corrected chi connectivity index (χ2v) is 7.10. The van der Waals surface area contributed by atoms with Crippen molar-refractivity contribution in [3.63, 3.8) is 0 Å². The molecule has 0 unspecified atom stereocenters. The average Bonchev–Trinajstić information content (AvgIpc) is 2.65. The number of ether oxygens (including phenoxy) is 1. The van der Waals surface area contributed by atoms with Crippen LogP contribution in [-0.4, -0.2) is 35.5 Å². The lowest BCUT2D eigenvalue weighted by molar-refractivity contribution is -0.139. The van der Waals surface area contributed by atoms with Crippen molar-refractivity contribution in [1.82, 2.24) is 5.32 Å². The molecule has 0 spiro atoms. The largest absolute Gasteiger partial charge is 0.479 e. The molecule has 1 aliphatic rings. The third-order valence-corrected chi connectivity index (χ3v) is 4.63. The van der Waals surface area contributed by atoms with Crippen molar-refractivity contribution in [3.8, 4) is 5.75 Å². The molecule has 0 radical (unpaired) electrons. The highest BCUT2D eigenvalue weighted by Crippen LogP contribution is 2.35. The number of nitrogens with one attached hydrogen (secondary N) is 1. The van der Waals surface area contributed by atoms with Gasteiger partial charge in [0, 0.05) is 0 Å². The van der Waals surface area contributed by atoms with Crippen LogP contribution in [0.15, 0.2) is 42.0 Å². The van der Waals surface area contributed by atoms with Gasteiger partial charge in [0.15, 0.2) is 12.4 Å². The number of anilines is 1. The van der Waals surface area contributed by atoms with E-state index >= 15 is 0 Å². The first-order chi connectivity index (χ1) is 14.2. The van der Waals surface area contributed by atoms with Crippen LogP contribution in [0.2, 0.25) is 10.0 Å². The van der Waals surface area contributed by atoms with E-state index in [1.807, 2.05) is 6.92 Å². The number of carboxylic acids is 1. The maximum Gasteiger partial charge on any atom is 0.341 e. The van der Waals surface area contributed by atoms with Crippen LogP contribution in [0.4, 0.5) is 10.5 Å². The first kappa shape index (κ1) is 21.4. The predicted octanol–water partition coefficient (Wildman–Crippen LogP) is 3.43. The number of barbiturate groups is 1. The van der Waals surface area contributed by atoms with Gasteiger partial charge in [-0.1, -0.05) is 40.9 Å². The van der Waals surface area contributed by atoms with Gasteiger partial charge in [-0.2, -0.15) is 0 Å². The van der Waals surface area contributed by atoms with Crippen molar-refractivity contribution in [2.75, 3.05) is 11.5 Å². The highest BCUT2D eigenvalue weighted by Gasteiger charge is 2.36. The maximum atomic E-state index is 12.9. The van der Waals surface area contributed by atoms with E-state index in [9.17, 15) is 19.2 Å². The number of halogens is 2. The van der Waals surface area contributed by atoms with E-state index in [1.54, 1.807) is 24.3 Å². The fourth-order valence-corrected chi connectivity index (χ4v) is 3.30. The molecule has 1 heterocycles. The Kier molecular flexibility index (Phi) is 6.09. The molecule has 2 aromatic carbocycles. The van der Waals surface area contributed by atoms with Gasteiger partial charge in [-0.05, 0) is 42.8 Å². The molecule has 1 fully saturated rings. The zero-order valence-electron chi connectivity index (χ0n) is 15.4. The van der Waals surface area contributed by atoms with Crippen molar-refractivity contribution in [3.05, 3.63) is 63.1 Å². The number of carbonyl (C=O) groups is 4. The van der Waals surface area contributed by atoms with Gasteiger partial charge < -0.3 is 9.84 Å². The van der Waals surface area contributed by atoms with Crippen molar-refractivity contribution in [2.45, 2.75) is 6.92 Å². The molecular weight excluding hydrogens is 435 g/mol. The summed E-state index contributed by atoms with van der Waals surface area (Å²) < 4.78 is 5.03. The van der Waals surface area contributed by atoms with Gasteiger partial charge in [0.05, 0.1) is 15.7 Å². The zero-order chi connectivity index (χ0) is 22.0. The normalized spacial score (nSPS) is 15.4. The number of rotatable bonds is 5. The van der Waals surface area contributed by atoms with Crippen molar-refractivity contribution in [1.29, 1.82) is 0 Å². The van der Waals surface area contributed by atoms with Gasteiger partial charge in [0.2, 0.25) is 0 Å². The van der Waals surface area contributed by atoms with E-state index in [4.69, 9.17) is 33.0 Å². The molecule has 0 saturated carbocycles. The zero-order valence-corrected chi connectivity index (χ0v) is 17.0. The SMILES string of the molecule is Cc1ccc(N2C(=O)NC(=O)/C(=C/c3cc(Cl)c(OCC(=O)O)c(Cl)c3)C2=O)cc1. The van der Waals surface area contributed by atoms with Gasteiger partial charge in [0.1, 0.15) is 5.57 Å². The molecule has 10 heteroatoms. The topological polar surface area (TPSA) is 113 Å². The number of hydrogen-bond donors (Lipinski definition) is 2.